The van der Waals surface area contributed by atoms with Crippen LogP contribution in [0.3, 0.4) is 0 Å². The van der Waals surface area contributed by atoms with Crippen molar-refractivity contribution in [3.8, 4) is 0 Å². The lowest BCUT2D eigenvalue weighted by Gasteiger charge is -2.21. The van der Waals surface area contributed by atoms with Gasteiger partial charge in [-0.25, -0.2) is 13.4 Å². The number of hydrogen-bond acceptors (Lipinski definition) is 5. The second kappa shape index (κ2) is 11.0. The SMILES string of the molecule is CCN(CC)c1ccc(NC(=O)CCc2nc3cc(S(=O)(=O)N(CC)CC)ccc3n2C)cc1. The Balaban J connectivity index is 1.69. The molecule has 0 fully saturated rings. The Morgan fingerprint density at radius 3 is 2.21 bits per heavy atom. The van der Waals surface area contributed by atoms with Crippen molar-refractivity contribution in [2.75, 3.05) is 36.4 Å². The summed E-state index contributed by atoms with van der Waals surface area (Å²) in [4.78, 5) is 19.6. The van der Waals surface area contributed by atoms with Gasteiger partial charge in [0.1, 0.15) is 5.82 Å². The Hall–Kier alpha value is -2.91. The Morgan fingerprint density at radius 1 is 0.971 bits per heavy atom. The van der Waals surface area contributed by atoms with Gasteiger partial charge in [0.05, 0.1) is 15.9 Å². The molecular formula is C25H35N5O3S. The molecule has 0 atom stereocenters. The van der Waals surface area contributed by atoms with E-state index in [1.807, 2.05) is 49.7 Å². The molecule has 0 spiro atoms. The third kappa shape index (κ3) is 5.42. The molecule has 184 valence electrons. The van der Waals surface area contributed by atoms with Gasteiger partial charge in [-0.2, -0.15) is 4.31 Å². The average molecular weight is 486 g/mol. The average Bonchev–Trinajstić information content (AvgIpc) is 3.15. The number of sulfonamides is 1. The Bertz CT molecular complexity index is 1230. The van der Waals surface area contributed by atoms with Gasteiger partial charge in [0.25, 0.3) is 0 Å². The predicted molar refractivity (Wildman–Crippen MR) is 138 cm³/mol. The summed E-state index contributed by atoms with van der Waals surface area (Å²) in [5, 5.41) is 2.94. The standard InChI is InChI=1S/C25H35N5O3S/c1-6-29(7-2)20-12-10-19(11-13-20)26-25(31)17-16-24-27-22-18-21(14-15-23(22)28(24)5)34(32,33)30(8-3)9-4/h10-15,18H,6-9,16-17H2,1-5H3,(H,26,31). The van der Waals surface area contributed by atoms with Crippen LogP contribution in [0.5, 0.6) is 0 Å². The maximum atomic E-state index is 12.8. The van der Waals surface area contributed by atoms with Crippen molar-refractivity contribution in [2.45, 2.75) is 45.4 Å². The fourth-order valence-electron chi connectivity index (χ4n) is 4.12. The molecule has 0 aliphatic rings. The van der Waals surface area contributed by atoms with E-state index in [2.05, 4.69) is 29.0 Å². The summed E-state index contributed by atoms with van der Waals surface area (Å²) in [6.07, 6.45) is 0.728. The van der Waals surface area contributed by atoms with E-state index >= 15 is 0 Å². The molecule has 1 aromatic heterocycles. The zero-order chi connectivity index (χ0) is 24.9. The monoisotopic (exact) mass is 485 g/mol. The largest absolute Gasteiger partial charge is 0.372 e. The number of benzene rings is 2. The van der Waals surface area contributed by atoms with Crippen LogP contribution in [0.1, 0.15) is 39.9 Å². The lowest BCUT2D eigenvalue weighted by Crippen LogP contribution is -2.30. The van der Waals surface area contributed by atoms with E-state index < -0.39 is 10.0 Å². The molecule has 0 saturated heterocycles. The minimum Gasteiger partial charge on any atom is -0.372 e. The number of aryl methyl sites for hydroxylation is 2. The molecule has 2 aromatic carbocycles. The molecule has 0 aliphatic carbocycles. The summed E-state index contributed by atoms with van der Waals surface area (Å²) in [5.41, 5.74) is 3.33. The molecule has 3 aromatic rings. The number of hydrogen-bond donors (Lipinski definition) is 1. The second-order valence-corrected chi connectivity index (χ2v) is 10.0. The lowest BCUT2D eigenvalue weighted by molar-refractivity contribution is -0.116. The quantitative estimate of drug-likeness (QED) is 0.443. The van der Waals surface area contributed by atoms with E-state index in [-0.39, 0.29) is 17.2 Å². The first kappa shape index (κ1) is 25.7. The molecule has 1 N–H and O–H groups in total. The van der Waals surface area contributed by atoms with Gasteiger partial charge in [-0.05, 0) is 56.3 Å². The number of imidazole rings is 1. The lowest BCUT2D eigenvalue weighted by atomic mass is 10.2. The van der Waals surface area contributed by atoms with Crippen LogP contribution >= 0.6 is 0 Å². The molecule has 0 aliphatic heterocycles. The van der Waals surface area contributed by atoms with Gasteiger partial charge in [-0.3, -0.25) is 4.79 Å². The Kier molecular flexibility index (Phi) is 8.33. The minimum atomic E-state index is -3.55. The van der Waals surface area contributed by atoms with Crippen molar-refractivity contribution in [3.63, 3.8) is 0 Å². The highest BCUT2D eigenvalue weighted by Crippen LogP contribution is 2.23. The van der Waals surface area contributed by atoms with Crippen LogP contribution in [0.4, 0.5) is 11.4 Å². The van der Waals surface area contributed by atoms with Gasteiger partial charge in [-0.15, -0.1) is 0 Å². The smallest absolute Gasteiger partial charge is 0.243 e. The first-order valence-corrected chi connectivity index (χ1v) is 13.3. The van der Waals surface area contributed by atoms with Crippen LogP contribution < -0.4 is 10.2 Å². The molecule has 9 heteroatoms. The van der Waals surface area contributed by atoms with Gasteiger partial charge in [0.2, 0.25) is 15.9 Å². The minimum absolute atomic E-state index is 0.0903. The number of amides is 1. The fourth-order valence-corrected chi connectivity index (χ4v) is 5.60. The molecule has 8 nitrogen and oxygen atoms in total. The van der Waals surface area contributed by atoms with E-state index in [1.54, 1.807) is 18.2 Å². The predicted octanol–water partition coefficient (Wildman–Crippen LogP) is 4.02. The van der Waals surface area contributed by atoms with E-state index in [1.165, 1.54) is 4.31 Å². The number of rotatable bonds is 11. The first-order chi connectivity index (χ1) is 16.2. The van der Waals surface area contributed by atoms with Gasteiger partial charge >= 0.3 is 0 Å². The van der Waals surface area contributed by atoms with Crippen molar-refractivity contribution in [2.24, 2.45) is 7.05 Å². The third-order valence-corrected chi connectivity index (χ3v) is 8.19. The van der Waals surface area contributed by atoms with Crippen molar-refractivity contribution in [1.82, 2.24) is 13.9 Å². The molecule has 0 bridgehead atoms. The highest BCUT2D eigenvalue weighted by molar-refractivity contribution is 7.89. The van der Waals surface area contributed by atoms with Gasteiger partial charge in [-0.1, -0.05) is 13.8 Å². The number of carbonyl (C=O) groups is 1. The van der Waals surface area contributed by atoms with Crippen LogP contribution in [0.2, 0.25) is 0 Å². The number of anilines is 2. The summed E-state index contributed by atoms with van der Waals surface area (Å²) in [6.45, 7) is 10.6. The van der Waals surface area contributed by atoms with Crippen molar-refractivity contribution < 1.29 is 13.2 Å². The normalized spacial score (nSPS) is 11.8. The molecule has 1 amide bonds. The fraction of sp³-hybridized carbons (Fsp3) is 0.440. The summed E-state index contributed by atoms with van der Waals surface area (Å²) >= 11 is 0. The zero-order valence-corrected chi connectivity index (χ0v) is 21.5. The molecule has 0 saturated carbocycles. The topological polar surface area (TPSA) is 87.5 Å². The number of aromatic nitrogens is 2. The highest BCUT2D eigenvalue weighted by Gasteiger charge is 2.22. The number of fused-ring (bicyclic) bond motifs is 1. The summed E-state index contributed by atoms with van der Waals surface area (Å²) in [7, 11) is -1.67. The third-order valence-electron chi connectivity index (χ3n) is 6.14. The van der Waals surface area contributed by atoms with E-state index in [4.69, 9.17) is 0 Å². The number of nitrogens with one attached hydrogen (secondary N) is 1. The van der Waals surface area contributed by atoms with Gasteiger partial charge in [0.15, 0.2) is 0 Å². The number of carbonyl (C=O) groups excluding carboxylic acids is 1. The van der Waals surface area contributed by atoms with Crippen LogP contribution in [-0.2, 0) is 28.3 Å². The molecule has 34 heavy (non-hydrogen) atoms. The maximum absolute atomic E-state index is 12.8. The molecule has 0 unspecified atom stereocenters. The van der Waals surface area contributed by atoms with Crippen molar-refractivity contribution >= 4 is 38.3 Å². The van der Waals surface area contributed by atoms with Crippen molar-refractivity contribution in [1.29, 1.82) is 0 Å². The van der Waals surface area contributed by atoms with E-state index in [0.29, 0.717) is 25.0 Å². The summed E-state index contributed by atoms with van der Waals surface area (Å²) in [5.74, 6) is 0.645. The maximum Gasteiger partial charge on any atom is 0.243 e. The van der Waals surface area contributed by atoms with Crippen LogP contribution in [0, 0.1) is 0 Å². The van der Waals surface area contributed by atoms with E-state index in [0.717, 1.165) is 35.8 Å². The first-order valence-electron chi connectivity index (χ1n) is 11.8. The van der Waals surface area contributed by atoms with Crippen LogP contribution in [0.25, 0.3) is 11.0 Å². The van der Waals surface area contributed by atoms with Crippen LogP contribution in [-0.4, -0.2) is 54.4 Å². The van der Waals surface area contributed by atoms with Gasteiger partial charge < -0.3 is 14.8 Å². The second-order valence-electron chi connectivity index (χ2n) is 8.09. The van der Waals surface area contributed by atoms with E-state index in [9.17, 15) is 13.2 Å². The zero-order valence-electron chi connectivity index (χ0n) is 20.7. The Morgan fingerprint density at radius 2 is 1.62 bits per heavy atom. The highest BCUT2D eigenvalue weighted by atomic mass is 32.2. The molecule has 3 rings (SSSR count). The molecule has 0 radical (unpaired) electrons. The summed E-state index contributed by atoms with van der Waals surface area (Å²) in [6, 6.07) is 12.9. The van der Waals surface area contributed by atoms with Crippen molar-refractivity contribution in [3.05, 3.63) is 48.3 Å². The molecular weight excluding hydrogens is 450 g/mol. The van der Waals surface area contributed by atoms with Crippen LogP contribution in [0.15, 0.2) is 47.4 Å². The number of nitrogens with zero attached hydrogens (tertiary/aromatic N) is 4. The van der Waals surface area contributed by atoms with Gasteiger partial charge in [0, 0.05) is 57.4 Å². The summed E-state index contributed by atoms with van der Waals surface area (Å²) < 4.78 is 29.0. The Labute approximate surface area is 202 Å². The molecule has 1 heterocycles.